The lowest BCUT2D eigenvalue weighted by Gasteiger charge is -2.28. The second-order valence-electron chi connectivity index (χ2n) is 5.00. The van der Waals surface area contributed by atoms with Gasteiger partial charge >= 0.3 is 0 Å². The molecule has 2 N–H and O–H groups in total. The van der Waals surface area contributed by atoms with Crippen molar-refractivity contribution in [2.75, 3.05) is 44.2 Å². The minimum atomic E-state index is 0.758. The van der Waals surface area contributed by atoms with Crippen LogP contribution in [0.5, 0.6) is 0 Å². The van der Waals surface area contributed by atoms with Crippen LogP contribution in [0.15, 0.2) is 24.3 Å². The second-order valence-corrected chi connectivity index (χ2v) is 5.00. The van der Waals surface area contributed by atoms with E-state index in [0.717, 1.165) is 45.7 Å². The highest BCUT2D eigenvalue weighted by Crippen LogP contribution is 2.16. The number of aryl methyl sites for hydroxylation is 1. The molecule has 3 nitrogen and oxygen atoms in total. The van der Waals surface area contributed by atoms with E-state index in [-0.39, 0.29) is 0 Å². The third-order valence-electron chi connectivity index (χ3n) is 3.58. The van der Waals surface area contributed by atoms with E-state index in [1.807, 2.05) is 0 Å². The molecule has 0 unspecified atom stereocenters. The standard InChI is InChI=1S/C16H29N3/c1-4-18(5-2)12-13-19(11-7-10-17)16-9-6-8-15(3)14-16/h6,8-9,14H,4-5,7,10-13,17H2,1-3H3. The lowest BCUT2D eigenvalue weighted by atomic mass is 10.2. The fourth-order valence-corrected chi connectivity index (χ4v) is 2.28. The van der Waals surface area contributed by atoms with Gasteiger partial charge < -0.3 is 15.5 Å². The van der Waals surface area contributed by atoms with Gasteiger partial charge in [-0.3, -0.25) is 0 Å². The highest BCUT2D eigenvalue weighted by molar-refractivity contribution is 5.48. The molecule has 0 spiro atoms. The molecule has 3 heteroatoms. The normalized spacial score (nSPS) is 11.0. The highest BCUT2D eigenvalue weighted by atomic mass is 15.2. The predicted octanol–water partition coefficient (Wildman–Crippen LogP) is 2.49. The number of benzene rings is 1. The van der Waals surface area contributed by atoms with Gasteiger partial charge in [-0.1, -0.05) is 26.0 Å². The molecule has 0 fully saturated rings. The quantitative estimate of drug-likeness (QED) is 0.743. The molecule has 0 aliphatic heterocycles. The Morgan fingerprint density at radius 3 is 2.37 bits per heavy atom. The molecule has 0 radical (unpaired) electrons. The smallest absolute Gasteiger partial charge is 0.0369 e. The number of hydrogen-bond donors (Lipinski definition) is 1. The van der Waals surface area contributed by atoms with Crippen molar-refractivity contribution in [3.05, 3.63) is 29.8 Å². The van der Waals surface area contributed by atoms with Crippen LogP contribution >= 0.6 is 0 Å². The van der Waals surface area contributed by atoms with Crippen LogP contribution in [0.2, 0.25) is 0 Å². The number of hydrogen-bond acceptors (Lipinski definition) is 3. The lowest BCUT2D eigenvalue weighted by Crippen LogP contribution is -2.36. The highest BCUT2D eigenvalue weighted by Gasteiger charge is 2.08. The largest absolute Gasteiger partial charge is 0.370 e. The van der Waals surface area contributed by atoms with Gasteiger partial charge in [0.25, 0.3) is 0 Å². The van der Waals surface area contributed by atoms with Crippen molar-refractivity contribution in [2.45, 2.75) is 27.2 Å². The van der Waals surface area contributed by atoms with E-state index < -0.39 is 0 Å². The van der Waals surface area contributed by atoms with Crippen molar-refractivity contribution in [1.82, 2.24) is 4.90 Å². The van der Waals surface area contributed by atoms with Crippen molar-refractivity contribution in [1.29, 1.82) is 0 Å². The van der Waals surface area contributed by atoms with Crippen molar-refractivity contribution in [3.63, 3.8) is 0 Å². The maximum absolute atomic E-state index is 5.66. The average molecular weight is 263 g/mol. The van der Waals surface area contributed by atoms with Crippen LogP contribution in [-0.4, -0.2) is 44.2 Å². The number of likely N-dealkylation sites (N-methyl/N-ethyl adjacent to an activating group) is 1. The second kappa shape index (κ2) is 8.94. The molecule has 0 amide bonds. The summed E-state index contributed by atoms with van der Waals surface area (Å²) in [7, 11) is 0. The number of anilines is 1. The zero-order valence-corrected chi connectivity index (χ0v) is 12.7. The summed E-state index contributed by atoms with van der Waals surface area (Å²) in [6.45, 7) is 12.8. The summed E-state index contributed by atoms with van der Waals surface area (Å²) < 4.78 is 0. The molecule has 0 aliphatic rings. The molecule has 0 saturated carbocycles. The summed E-state index contributed by atoms with van der Waals surface area (Å²) in [6, 6.07) is 8.75. The zero-order valence-electron chi connectivity index (χ0n) is 12.7. The molecule has 0 atom stereocenters. The summed E-state index contributed by atoms with van der Waals surface area (Å²) >= 11 is 0. The van der Waals surface area contributed by atoms with Crippen LogP contribution < -0.4 is 10.6 Å². The first-order valence-corrected chi connectivity index (χ1v) is 7.45. The molecule has 0 aliphatic carbocycles. The molecule has 0 saturated heterocycles. The van der Waals surface area contributed by atoms with Gasteiger partial charge in [0.1, 0.15) is 0 Å². The Morgan fingerprint density at radius 2 is 1.79 bits per heavy atom. The van der Waals surface area contributed by atoms with E-state index in [4.69, 9.17) is 5.73 Å². The Bertz CT molecular complexity index is 348. The van der Waals surface area contributed by atoms with Crippen LogP contribution in [0.4, 0.5) is 5.69 Å². The third-order valence-corrected chi connectivity index (χ3v) is 3.58. The van der Waals surface area contributed by atoms with E-state index >= 15 is 0 Å². The fourth-order valence-electron chi connectivity index (χ4n) is 2.28. The molecule has 0 aromatic heterocycles. The van der Waals surface area contributed by atoms with Gasteiger partial charge in [-0.05, 0) is 50.7 Å². The number of nitrogens with two attached hydrogens (primary N) is 1. The Labute approximate surface area is 118 Å². The van der Waals surface area contributed by atoms with Crippen LogP contribution in [0.1, 0.15) is 25.8 Å². The van der Waals surface area contributed by atoms with E-state index in [0.29, 0.717) is 0 Å². The molecule has 19 heavy (non-hydrogen) atoms. The molecule has 1 aromatic carbocycles. The fraction of sp³-hybridized carbons (Fsp3) is 0.625. The van der Waals surface area contributed by atoms with Gasteiger partial charge in [-0.15, -0.1) is 0 Å². The van der Waals surface area contributed by atoms with Crippen molar-refractivity contribution >= 4 is 5.69 Å². The molecule has 1 rings (SSSR count). The Morgan fingerprint density at radius 1 is 1.05 bits per heavy atom. The number of nitrogens with zero attached hydrogens (tertiary/aromatic N) is 2. The van der Waals surface area contributed by atoms with Gasteiger partial charge in [-0.2, -0.15) is 0 Å². The molecule has 108 valence electrons. The first kappa shape index (κ1) is 16.0. The van der Waals surface area contributed by atoms with Crippen LogP contribution in [-0.2, 0) is 0 Å². The molecule has 1 aromatic rings. The molecule has 0 heterocycles. The van der Waals surface area contributed by atoms with E-state index in [1.165, 1.54) is 11.3 Å². The summed E-state index contributed by atoms with van der Waals surface area (Å²) in [5.41, 5.74) is 8.29. The average Bonchev–Trinajstić information content (AvgIpc) is 2.43. The van der Waals surface area contributed by atoms with Gasteiger partial charge in [0.15, 0.2) is 0 Å². The topological polar surface area (TPSA) is 32.5 Å². The van der Waals surface area contributed by atoms with Crippen molar-refractivity contribution in [2.24, 2.45) is 5.73 Å². The summed E-state index contributed by atoms with van der Waals surface area (Å²) in [4.78, 5) is 4.92. The summed E-state index contributed by atoms with van der Waals surface area (Å²) in [5, 5.41) is 0. The Kier molecular flexibility index (Phi) is 7.53. The Balaban J connectivity index is 2.65. The van der Waals surface area contributed by atoms with Crippen molar-refractivity contribution < 1.29 is 0 Å². The SMILES string of the molecule is CCN(CC)CCN(CCCN)c1cccc(C)c1. The first-order valence-electron chi connectivity index (χ1n) is 7.45. The number of rotatable bonds is 9. The Hall–Kier alpha value is -1.06. The van der Waals surface area contributed by atoms with Gasteiger partial charge in [0, 0.05) is 25.3 Å². The summed E-state index contributed by atoms with van der Waals surface area (Å²) in [5.74, 6) is 0. The van der Waals surface area contributed by atoms with Crippen LogP contribution in [0, 0.1) is 6.92 Å². The maximum Gasteiger partial charge on any atom is 0.0369 e. The van der Waals surface area contributed by atoms with Crippen molar-refractivity contribution in [3.8, 4) is 0 Å². The van der Waals surface area contributed by atoms with Gasteiger partial charge in [0.2, 0.25) is 0 Å². The third kappa shape index (κ3) is 5.62. The van der Waals surface area contributed by atoms with E-state index in [2.05, 4.69) is 54.8 Å². The van der Waals surface area contributed by atoms with Gasteiger partial charge in [0.05, 0.1) is 0 Å². The van der Waals surface area contributed by atoms with Gasteiger partial charge in [-0.25, -0.2) is 0 Å². The predicted molar refractivity (Wildman–Crippen MR) is 84.9 cm³/mol. The van der Waals surface area contributed by atoms with Crippen LogP contribution in [0.25, 0.3) is 0 Å². The maximum atomic E-state index is 5.66. The monoisotopic (exact) mass is 263 g/mol. The zero-order chi connectivity index (χ0) is 14.1. The lowest BCUT2D eigenvalue weighted by molar-refractivity contribution is 0.309. The summed E-state index contributed by atoms with van der Waals surface area (Å²) in [6.07, 6.45) is 1.05. The van der Waals surface area contributed by atoms with Crippen LogP contribution in [0.3, 0.4) is 0 Å². The first-order chi connectivity index (χ1) is 9.21. The molecule has 0 bridgehead atoms. The van der Waals surface area contributed by atoms with E-state index in [9.17, 15) is 0 Å². The minimum absolute atomic E-state index is 0.758. The van der Waals surface area contributed by atoms with E-state index in [1.54, 1.807) is 0 Å². The molecular weight excluding hydrogens is 234 g/mol. The molecular formula is C16H29N3. The minimum Gasteiger partial charge on any atom is -0.370 e.